The van der Waals surface area contributed by atoms with Crippen molar-refractivity contribution in [2.45, 2.75) is 24.2 Å². The minimum Gasteiger partial charge on any atom is -0.338 e. The molecule has 2 aliphatic rings. The van der Waals surface area contributed by atoms with Crippen LogP contribution in [0.1, 0.15) is 29.6 Å². The molecule has 5 nitrogen and oxygen atoms in total. The highest BCUT2D eigenvalue weighted by molar-refractivity contribution is 7.89. The van der Waals surface area contributed by atoms with Gasteiger partial charge in [0.15, 0.2) is 0 Å². The number of hydrogen-bond acceptors (Lipinski definition) is 3. The van der Waals surface area contributed by atoms with Gasteiger partial charge in [0.25, 0.3) is 5.91 Å². The van der Waals surface area contributed by atoms with Crippen molar-refractivity contribution in [1.82, 2.24) is 4.90 Å². The molecule has 7 heteroatoms. The van der Waals surface area contributed by atoms with Crippen LogP contribution in [0, 0.1) is 17.7 Å². The lowest BCUT2D eigenvalue weighted by Crippen LogP contribution is -2.29. The third-order valence-corrected chi connectivity index (χ3v) is 5.42. The summed E-state index contributed by atoms with van der Waals surface area (Å²) in [7, 11) is -4.17. The molecular weight excluding hydrogens is 295 g/mol. The van der Waals surface area contributed by atoms with Crippen LogP contribution in [0.3, 0.4) is 0 Å². The van der Waals surface area contributed by atoms with Gasteiger partial charge < -0.3 is 4.90 Å². The fourth-order valence-electron chi connectivity index (χ4n) is 3.44. The molecule has 1 saturated carbocycles. The SMILES string of the molecule is NS(=O)(=O)c1cc(C(=O)N2CC3CCCC3C2)ccc1F. The first-order chi connectivity index (χ1) is 9.86. The van der Waals surface area contributed by atoms with Crippen LogP contribution in [-0.2, 0) is 10.0 Å². The number of fused-ring (bicyclic) bond motifs is 1. The first kappa shape index (κ1) is 14.5. The van der Waals surface area contributed by atoms with Gasteiger partial charge in [-0.05, 0) is 42.9 Å². The smallest absolute Gasteiger partial charge is 0.253 e. The summed E-state index contributed by atoms with van der Waals surface area (Å²) < 4.78 is 36.2. The van der Waals surface area contributed by atoms with Crippen LogP contribution in [0.15, 0.2) is 23.1 Å². The molecule has 1 aromatic carbocycles. The quantitative estimate of drug-likeness (QED) is 0.895. The Morgan fingerprint density at radius 1 is 1.24 bits per heavy atom. The van der Waals surface area contributed by atoms with E-state index in [0.29, 0.717) is 24.9 Å². The molecule has 114 valence electrons. The highest BCUT2D eigenvalue weighted by Crippen LogP contribution is 2.38. The van der Waals surface area contributed by atoms with E-state index in [0.717, 1.165) is 25.0 Å². The van der Waals surface area contributed by atoms with Crippen molar-refractivity contribution >= 4 is 15.9 Å². The normalized spacial score (nSPS) is 25.1. The monoisotopic (exact) mass is 312 g/mol. The molecule has 1 aliphatic heterocycles. The Morgan fingerprint density at radius 2 is 1.86 bits per heavy atom. The molecular formula is C14H17FN2O3S. The predicted molar refractivity (Wildman–Crippen MR) is 74.5 cm³/mol. The lowest BCUT2D eigenvalue weighted by molar-refractivity contribution is 0.0780. The van der Waals surface area contributed by atoms with Crippen molar-refractivity contribution in [1.29, 1.82) is 0 Å². The van der Waals surface area contributed by atoms with Crippen LogP contribution in [0.4, 0.5) is 4.39 Å². The van der Waals surface area contributed by atoms with E-state index in [2.05, 4.69) is 0 Å². The molecule has 2 N–H and O–H groups in total. The van der Waals surface area contributed by atoms with Gasteiger partial charge in [-0.1, -0.05) is 6.42 Å². The zero-order valence-electron chi connectivity index (χ0n) is 11.5. The topological polar surface area (TPSA) is 80.5 Å². The third kappa shape index (κ3) is 2.67. The van der Waals surface area contributed by atoms with E-state index in [4.69, 9.17) is 5.14 Å². The Balaban J connectivity index is 1.86. The maximum absolute atomic E-state index is 13.5. The van der Waals surface area contributed by atoms with Crippen LogP contribution in [0.2, 0.25) is 0 Å². The molecule has 21 heavy (non-hydrogen) atoms. The minimum atomic E-state index is -4.17. The maximum atomic E-state index is 13.5. The Hall–Kier alpha value is -1.47. The second-order valence-electron chi connectivity index (χ2n) is 5.85. The minimum absolute atomic E-state index is 0.167. The van der Waals surface area contributed by atoms with Crippen molar-refractivity contribution in [3.05, 3.63) is 29.6 Å². The van der Waals surface area contributed by atoms with Gasteiger partial charge in [0.05, 0.1) is 0 Å². The van der Waals surface area contributed by atoms with Gasteiger partial charge >= 0.3 is 0 Å². The average molecular weight is 312 g/mol. The standard InChI is InChI=1S/C14H17FN2O3S/c15-12-5-4-9(6-13(12)21(16,19)20)14(18)17-7-10-2-1-3-11(10)8-17/h4-6,10-11H,1-3,7-8H2,(H2,16,19,20). The van der Waals surface area contributed by atoms with E-state index in [1.54, 1.807) is 4.90 Å². The summed E-state index contributed by atoms with van der Waals surface area (Å²) in [6.45, 7) is 1.40. The fraction of sp³-hybridized carbons (Fsp3) is 0.500. The number of sulfonamides is 1. The highest BCUT2D eigenvalue weighted by atomic mass is 32.2. The molecule has 1 aliphatic carbocycles. The molecule has 1 saturated heterocycles. The van der Waals surface area contributed by atoms with Crippen molar-refractivity contribution in [3.63, 3.8) is 0 Å². The van der Waals surface area contributed by atoms with Crippen molar-refractivity contribution < 1.29 is 17.6 Å². The Morgan fingerprint density at radius 3 is 2.43 bits per heavy atom. The number of benzene rings is 1. The van der Waals surface area contributed by atoms with Crippen LogP contribution in [-0.4, -0.2) is 32.3 Å². The molecule has 3 rings (SSSR count). The average Bonchev–Trinajstić information content (AvgIpc) is 2.97. The number of hydrogen-bond donors (Lipinski definition) is 1. The first-order valence-corrected chi connectivity index (χ1v) is 8.52. The van der Waals surface area contributed by atoms with E-state index in [1.165, 1.54) is 12.5 Å². The van der Waals surface area contributed by atoms with E-state index in [9.17, 15) is 17.6 Å². The van der Waals surface area contributed by atoms with E-state index in [1.807, 2.05) is 0 Å². The van der Waals surface area contributed by atoms with Crippen molar-refractivity contribution in [2.24, 2.45) is 17.0 Å². The molecule has 0 aromatic heterocycles. The van der Waals surface area contributed by atoms with Gasteiger partial charge in [-0.2, -0.15) is 0 Å². The summed E-state index contributed by atoms with van der Waals surface area (Å²) in [5.41, 5.74) is 0.167. The first-order valence-electron chi connectivity index (χ1n) is 6.98. The number of amides is 1. The zero-order valence-corrected chi connectivity index (χ0v) is 12.3. The third-order valence-electron chi connectivity index (χ3n) is 4.50. The molecule has 2 unspecified atom stereocenters. The summed E-state index contributed by atoms with van der Waals surface area (Å²) in [4.78, 5) is 13.5. The molecule has 0 radical (unpaired) electrons. The highest BCUT2D eigenvalue weighted by Gasteiger charge is 2.38. The van der Waals surface area contributed by atoms with Gasteiger partial charge in [-0.3, -0.25) is 4.79 Å². The summed E-state index contributed by atoms with van der Waals surface area (Å²) in [5, 5.41) is 4.96. The van der Waals surface area contributed by atoms with Crippen molar-refractivity contribution in [2.75, 3.05) is 13.1 Å². The van der Waals surface area contributed by atoms with Gasteiger partial charge in [-0.25, -0.2) is 17.9 Å². The largest absolute Gasteiger partial charge is 0.338 e. The molecule has 1 heterocycles. The molecule has 1 aromatic rings. The van der Waals surface area contributed by atoms with Crippen molar-refractivity contribution in [3.8, 4) is 0 Å². The number of halogens is 1. The Kier molecular flexibility index (Phi) is 3.49. The van der Waals surface area contributed by atoms with Crippen LogP contribution < -0.4 is 5.14 Å². The second kappa shape index (κ2) is 5.06. The van der Waals surface area contributed by atoms with Gasteiger partial charge in [-0.15, -0.1) is 0 Å². The van der Waals surface area contributed by atoms with Gasteiger partial charge in [0, 0.05) is 18.7 Å². The molecule has 0 bridgehead atoms. The lowest BCUT2D eigenvalue weighted by Gasteiger charge is -2.17. The molecule has 1 amide bonds. The fourth-order valence-corrected chi connectivity index (χ4v) is 4.07. The summed E-state index contributed by atoms with van der Waals surface area (Å²) in [6, 6.07) is 3.31. The number of rotatable bonds is 2. The van der Waals surface area contributed by atoms with Gasteiger partial charge in [0.2, 0.25) is 10.0 Å². The molecule has 2 fully saturated rings. The van der Waals surface area contributed by atoms with E-state index < -0.39 is 20.7 Å². The number of nitrogens with two attached hydrogens (primary N) is 1. The van der Waals surface area contributed by atoms with Crippen LogP contribution >= 0.6 is 0 Å². The summed E-state index contributed by atoms with van der Waals surface area (Å²) in [5.74, 6) is -0.0964. The van der Waals surface area contributed by atoms with E-state index >= 15 is 0 Å². The summed E-state index contributed by atoms with van der Waals surface area (Å²) >= 11 is 0. The number of carbonyl (C=O) groups is 1. The summed E-state index contributed by atoms with van der Waals surface area (Å²) in [6.07, 6.45) is 3.49. The predicted octanol–water partition coefficient (Wildman–Crippen LogP) is 1.35. The van der Waals surface area contributed by atoms with E-state index in [-0.39, 0.29) is 11.5 Å². The lowest BCUT2D eigenvalue weighted by atomic mass is 10.0. The number of carbonyl (C=O) groups excluding carboxylic acids is 1. The maximum Gasteiger partial charge on any atom is 0.253 e. The number of nitrogens with zero attached hydrogens (tertiary/aromatic N) is 1. The molecule has 0 spiro atoms. The van der Waals surface area contributed by atoms with Gasteiger partial charge in [0.1, 0.15) is 10.7 Å². The Labute approximate surface area is 123 Å². The Bertz CT molecular complexity index is 677. The number of primary sulfonamides is 1. The zero-order chi connectivity index (χ0) is 15.2. The molecule has 2 atom stereocenters. The number of likely N-dealkylation sites (tertiary alicyclic amines) is 1. The van der Waals surface area contributed by atoms with Crippen LogP contribution in [0.25, 0.3) is 0 Å². The van der Waals surface area contributed by atoms with Crippen LogP contribution in [0.5, 0.6) is 0 Å². The second-order valence-corrected chi connectivity index (χ2v) is 7.38.